The first kappa shape index (κ1) is 7.76. The zero-order chi connectivity index (χ0) is 6.41. The van der Waals surface area contributed by atoms with E-state index in [1.165, 1.54) is 0 Å². The van der Waals surface area contributed by atoms with Gasteiger partial charge in [0.25, 0.3) is 0 Å². The zero-order valence-electron chi connectivity index (χ0n) is 5.15. The summed E-state index contributed by atoms with van der Waals surface area (Å²) in [7, 11) is 1.66. The number of halogens is 1. The van der Waals surface area contributed by atoms with Gasteiger partial charge in [0.05, 0.1) is 12.5 Å². The molecule has 0 unspecified atom stereocenters. The Balaban J connectivity index is 3.38. The van der Waals surface area contributed by atoms with Gasteiger partial charge in [0.15, 0.2) is 5.90 Å². The van der Waals surface area contributed by atoms with Gasteiger partial charge in [-0.05, 0) is 6.92 Å². The first-order chi connectivity index (χ1) is 3.85. The molecule has 0 N–H and O–H groups in total. The normalized spacial score (nSPS) is 11.6. The van der Waals surface area contributed by atoms with Crippen LogP contribution in [0, 0.1) is 0 Å². The number of hydrogen-bond acceptors (Lipinski definition) is 2. The molecule has 48 valence electrons. The van der Waals surface area contributed by atoms with Crippen LogP contribution < -0.4 is 0 Å². The smallest absolute Gasteiger partial charge is 0.198 e. The largest absolute Gasteiger partial charge is 0.480 e. The van der Waals surface area contributed by atoms with Crippen LogP contribution >= 0.6 is 11.6 Å². The molecule has 0 aliphatic heterocycles. The Kier molecular flexibility index (Phi) is 4.76. The molecule has 0 aromatic carbocycles. The molecule has 0 heterocycles. The van der Waals surface area contributed by atoms with E-state index in [0.717, 1.165) is 0 Å². The van der Waals surface area contributed by atoms with Crippen molar-refractivity contribution in [3.8, 4) is 0 Å². The van der Waals surface area contributed by atoms with Crippen LogP contribution in [-0.2, 0) is 4.74 Å². The Morgan fingerprint density at radius 2 is 2.38 bits per heavy atom. The summed E-state index contributed by atoms with van der Waals surface area (Å²) < 4.78 is 4.96. The highest BCUT2D eigenvalue weighted by Gasteiger charge is 1.90. The summed E-state index contributed by atoms with van der Waals surface area (Å²) in [5.74, 6) is 0.971. The summed E-state index contributed by atoms with van der Waals surface area (Å²) in [5, 5.41) is 0. The van der Waals surface area contributed by atoms with Gasteiger partial charge in [-0.3, -0.25) is 4.99 Å². The molecule has 0 rings (SSSR count). The van der Waals surface area contributed by atoms with Gasteiger partial charge in [0.2, 0.25) is 0 Å². The number of aliphatic imine (C=N–C) groups is 1. The molecule has 0 aliphatic carbocycles. The fraction of sp³-hybridized carbons (Fsp3) is 0.800. The Labute approximate surface area is 54.5 Å². The van der Waals surface area contributed by atoms with Crippen molar-refractivity contribution >= 4 is 17.5 Å². The van der Waals surface area contributed by atoms with E-state index < -0.39 is 0 Å². The molecule has 0 aromatic heterocycles. The summed E-state index contributed by atoms with van der Waals surface area (Å²) in [5.41, 5.74) is 0. The van der Waals surface area contributed by atoms with Crippen molar-refractivity contribution in [3.05, 3.63) is 0 Å². The predicted molar refractivity (Wildman–Crippen MR) is 35.7 cm³/mol. The summed E-state index contributed by atoms with van der Waals surface area (Å²) in [4.78, 5) is 3.76. The first-order valence-electron chi connectivity index (χ1n) is 2.49. The van der Waals surface area contributed by atoms with Gasteiger partial charge in [-0.25, -0.2) is 0 Å². The van der Waals surface area contributed by atoms with Crippen molar-refractivity contribution in [2.75, 3.05) is 19.5 Å². The van der Waals surface area contributed by atoms with Gasteiger partial charge < -0.3 is 4.74 Å². The molecule has 0 radical (unpaired) electrons. The lowest BCUT2D eigenvalue weighted by Gasteiger charge is -1.99. The van der Waals surface area contributed by atoms with Crippen LogP contribution in [0.2, 0.25) is 0 Å². The van der Waals surface area contributed by atoms with Gasteiger partial charge in [0, 0.05) is 7.05 Å². The number of hydrogen-bond donors (Lipinski definition) is 0. The minimum atomic E-state index is 0.365. The number of alkyl halides is 1. The van der Waals surface area contributed by atoms with E-state index >= 15 is 0 Å². The van der Waals surface area contributed by atoms with Crippen molar-refractivity contribution in [2.45, 2.75) is 6.92 Å². The van der Waals surface area contributed by atoms with Gasteiger partial charge in [-0.15, -0.1) is 11.6 Å². The summed E-state index contributed by atoms with van der Waals surface area (Å²) in [6.07, 6.45) is 0. The highest BCUT2D eigenvalue weighted by molar-refractivity contribution is 6.27. The summed E-state index contributed by atoms with van der Waals surface area (Å²) >= 11 is 5.39. The Bertz CT molecular complexity index is 82.5. The van der Waals surface area contributed by atoms with Crippen LogP contribution in [0.3, 0.4) is 0 Å². The molecule has 3 heteroatoms. The molecular formula is C5H10ClNO. The Morgan fingerprint density at radius 3 is 2.50 bits per heavy atom. The summed E-state index contributed by atoms with van der Waals surface area (Å²) in [6, 6.07) is 0. The maximum atomic E-state index is 5.39. The van der Waals surface area contributed by atoms with Gasteiger partial charge in [-0.2, -0.15) is 0 Å². The number of rotatable bonds is 2. The number of ether oxygens (including phenoxy) is 1. The van der Waals surface area contributed by atoms with Crippen LogP contribution in [0.5, 0.6) is 0 Å². The molecule has 0 fully saturated rings. The third-order valence-corrected chi connectivity index (χ3v) is 0.903. The number of nitrogens with zero attached hydrogens (tertiary/aromatic N) is 1. The van der Waals surface area contributed by atoms with E-state index in [0.29, 0.717) is 18.4 Å². The molecular weight excluding hydrogens is 126 g/mol. The molecule has 0 atom stereocenters. The monoisotopic (exact) mass is 135 g/mol. The molecule has 0 spiro atoms. The second kappa shape index (κ2) is 4.91. The van der Waals surface area contributed by atoms with E-state index in [-0.39, 0.29) is 0 Å². The molecule has 0 aliphatic rings. The first-order valence-corrected chi connectivity index (χ1v) is 3.03. The van der Waals surface area contributed by atoms with Crippen LogP contribution in [-0.4, -0.2) is 25.4 Å². The molecule has 0 aromatic rings. The zero-order valence-corrected chi connectivity index (χ0v) is 5.90. The fourth-order valence-electron chi connectivity index (χ4n) is 0.329. The maximum Gasteiger partial charge on any atom is 0.198 e. The molecule has 0 bridgehead atoms. The van der Waals surface area contributed by atoms with E-state index in [2.05, 4.69) is 4.99 Å². The Morgan fingerprint density at radius 1 is 1.75 bits per heavy atom. The molecule has 0 saturated carbocycles. The van der Waals surface area contributed by atoms with Crippen LogP contribution in [0.4, 0.5) is 0 Å². The standard InChI is InChI=1S/C5H10ClNO/c1-3-8-5(4-6)7-2/h3-4H2,1-2H3. The van der Waals surface area contributed by atoms with Crippen molar-refractivity contribution in [3.63, 3.8) is 0 Å². The second-order valence-electron chi connectivity index (χ2n) is 1.18. The van der Waals surface area contributed by atoms with Crippen molar-refractivity contribution in [1.29, 1.82) is 0 Å². The highest BCUT2D eigenvalue weighted by atomic mass is 35.5. The van der Waals surface area contributed by atoms with Crippen LogP contribution in [0.25, 0.3) is 0 Å². The minimum Gasteiger partial charge on any atom is -0.480 e. The van der Waals surface area contributed by atoms with E-state index in [1.54, 1.807) is 7.05 Å². The average Bonchev–Trinajstić information content (AvgIpc) is 1.83. The quantitative estimate of drug-likeness (QED) is 0.318. The summed E-state index contributed by atoms with van der Waals surface area (Å²) in [6.45, 7) is 2.54. The predicted octanol–water partition coefficient (Wildman–Crippen LogP) is 1.29. The Hall–Kier alpha value is -0.240. The minimum absolute atomic E-state index is 0.365. The van der Waals surface area contributed by atoms with Crippen molar-refractivity contribution in [2.24, 2.45) is 4.99 Å². The van der Waals surface area contributed by atoms with Gasteiger partial charge >= 0.3 is 0 Å². The molecule has 0 saturated heterocycles. The third-order valence-electron chi connectivity index (χ3n) is 0.675. The van der Waals surface area contributed by atoms with Gasteiger partial charge in [0.1, 0.15) is 0 Å². The fourth-order valence-corrected chi connectivity index (χ4v) is 0.526. The third kappa shape index (κ3) is 2.86. The molecule has 2 nitrogen and oxygen atoms in total. The SMILES string of the molecule is CCOC(CCl)=NC. The topological polar surface area (TPSA) is 21.6 Å². The lowest BCUT2D eigenvalue weighted by Crippen LogP contribution is -2.05. The lowest BCUT2D eigenvalue weighted by molar-refractivity contribution is 0.324. The van der Waals surface area contributed by atoms with E-state index in [1.807, 2.05) is 6.92 Å². The van der Waals surface area contributed by atoms with Crippen molar-refractivity contribution in [1.82, 2.24) is 0 Å². The molecule has 0 amide bonds. The lowest BCUT2D eigenvalue weighted by atomic mass is 10.7. The maximum absolute atomic E-state index is 5.39. The second-order valence-corrected chi connectivity index (χ2v) is 1.45. The highest BCUT2D eigenvalue weighted by Crippen LogP contribution is 1.84. The van der Waals surface area contributed by atoms with E-state index in [4.69, 9.17) is 16.3 Å². The van der Waals surface area contributed by atoms with Gasteiger partial charge in [-0.1, -0.05) is 0 Å². The van der Waals surface area contributed by atoms with Crippen LogP contribution in [0.1, 0.15) is 6.92 Å². The van der Waals surface area contributed by atoms with E-state index in [9.17, 15) is 0 Å². The average molecular weight is 136 g/mol. The molecule has 8 heavy (non-hydrogen) atoms. The van der Waals surface area contributed by atoms with Crippen molar-refractivity contribution < 1.29 is 4.74 Å². The van der Waals surface area contributed by atoms with Crippen LogP contribution in [0.15, 0.2) is 4.99 Å².